The Bertz CT molecular complexity index is 744. The lowest BCUT2D eigenvalue weighted by molar-refractivity contribution is 0.586. The Kier molecular flexibility index (Phi) is 4.70. The van der Waals surface area contributed by atoms with E-state index in [1.54, 1.807) is 6.20 Å². The lowest BCUT2D eigenvalue weighted by atomic mass is 10.3. The molecule has 0 bridgehead atoms. The Balaban J connectivity index is 1.44. The molecule has 0 atom stereocenters. The van der Waals surface area contributed by atoms with Gasteiger partial charge in [-0.15, -0.1) is 0 Å². The maximum atomic E-state index is 14.1. The summed E-state index contributed by atoms with van der Waals surface area (Å²) in [6.07, 6.45) is 5.88. The van der Waals surface area contributed by atoms with Crippen molar-refractivity contribution in [2.75, 3.05) is 54.0 Å². The SMILES string of the molecule is Fc1cc(Br)cnc1N1CCN(c2ccnc(N3CCCC3)n2)CC1. The molecule has 2 aromatic heterocycles. The van der Waals surface area contributed by atoms with Gasteiger partial charge in [0.05, 0.1) is 0 Å². The monoisotopic (exact) mass is 406 g/mol. The van der Waals surface area contributed by atoms with Gasteiger partial charge in [-0.1, -0.05) is 0 Å². The number of piperazine rings is 1. The van der Waals surface area contributed by atoms with Crippen LogP contribution in [0.15, 0.2) is 29.0 Å². The molecule has 0 aromatic carbocycles. The van der Waals surface area contributed by atoms with Crippen LogP contribution in [0.5, 0.6) is 0 Å². The van der Waals surface area contributed by atoms with Crippen molar-refractivity contribution >= 4 is 33.5 Å². The number of anilines is 3. The molecule has 4 heterocycles. The van der Waals surface area contributed by atoms with Crippen molar-refractivity contribution in [3.05, 3.63) is 34.8 Å². The van der Waals surface area contributed by atoms with Crippen LogP contribution >= 0.6 is 15.9 Å². The van der Waals surface area contributed by atoms with Gasteiger partial charge in [0.1, 0.15) is 5.82 Å². The molecule has 25 heavy (non-hydrogen) atoms. The lowest BCUT2D eigenvalue weighted by Crippen LogP contribution is -2.47. The average Bonchev–Trinajstić information content (AvgIpc) is 3.17. The summed E-state index contributed by atoms with van der Waals surface area (Å²) in [5, 5.41) is 0. The van der Waals surface area contributed by atoms with E-state index in [1.807, 2.05) is 17.2 Å². The number of nitrogens with zero attached hydrogens (tertiary/aromatic N) is 6. The van der Waals surface area contributed by atoms with E-state index in [9.17, 15) is 4.39 Å². The first kappa shape index (κ1) is 16.5. The molecular weight excluding hydrogens is 387 g/mol. The van der Waals surface area contributed by atoms with Crippen molar-refractivity contribution in [2.24, 2.45) is 0 Å². The first-order valence-corrected chi connectivity index (χ1v) is 9.39. The third kappa shape index (κ3) is 3.53. The van der Waals surface area contributed by atoms with E-state index < -0.39 is 0 Å². The van der Waals surface area contributed by atoms with E-state index in [1.165, 1.54) is 18.9 Å². The number of aromatic nitrogens is 3. The zero-order chi connectivity index (χ0) is 17.2. The minimum atomic E-state index is -0.291. The molecule has 0 aliphatic carbocycles. The zero-order valence-corrected chi connectivity index (χ0v) is 15.5. The second kappa shape index (κ2) is 7.11. The number of pyridine rings is 1. The Hall–Kier alpha value is -1.96. The Morgan fingerprint density at radius 1 is 0.920 bits per heavy atom. The van der Waals surface area contributed by atoms with Crippen LogP contribution in [0, 0.1) is 5.82 Å². The van der Waals surface area contributed by atoms with Gasteiger partial charge in [-0.2, -0.15) is 4.98 Å². The summed E-state index contributed by atoms with van der Waals surface area (Å²) >= 11 is 3.25. The highest BCUT2D eigenvalue weighted by Crippen LogP contribution is 2.23. The van der Waals surface area contributed by atoms with Gasteiger partial charge in [0.2, 0.25) is 5.95 Å². The topological polar surface area (TPSA) is 48.4 Å². The summed E-state index contributed by atoms with van der Waals surface area (Å²) in [4.78, 5) is 19.8. The largest absolute Gasteiger partial charge is 0.353 e. The molecule has 132 valence electrons. The van der Waals surface area contributed by atoms with E-state index in [-0.39, 0.29) is 5.82 Å². The Morgan fingerprint density at radius 2 is 1.64 bits per heavy atom. The van der Waals surface area contributed by atoms with E-state index >= 15 is 0 Å². The first-order valence-electron chi connectivity index (χ1n) is 8.60. The maximum Gasteiger partial charge on any atom is 0.227 e. The van der Waals surface area contributed by atoms with Crippen molar-refractivity contribution in [3.8, 4) is 0 Å². The first-order chi connectivity index (χ1) is 12.2. The van der Waals surface area contributed by atoms with Crippen molar-refractivity contribution in [1.29, 1.82) is 0 Å². The molecule has 0 amide bonds. The smallest absolute Gasteiger partial charge is 0.227 e. The summed E-state index contributed by atoms with van der Waals surface area (Å²) in [6.45, 7) is 5.07. The normalized spacial score (nSPS) is 18.1. The van der Waals surface area contributed by atoms with Crippen molar-refractivity contribution in [3.63, 3.8) is 0 Å². The van der Waals surface area contributed by atoms with E-state index in [0.29, 0.717) is 23.4 Å². The molecule has 0 saturated carbocycles. The van der Waals surface area contributed by atoms with Crippen LogP contribution in [0.25, 0.3) is 0 Å². The standard InChI is InChI=1S/C17H20BrFN6/c18-13-11-14(19)16(21-12-13)24-9-7-23(8-10-24)15-3-4-20-17(22-15)25-5-1-2-6-25/h3-4,11-12H,1-2,5-10H2. The molecule has 2 aromatic rings. The summed E-state index contributed by atoms with van der Waals surface area (Å²) in [5.74, 6) is 1.89. The second-order valence-electron chi connectivity index (χ2n) is 6.34. The lowest BCUT2D eigenvalue weighted by Gasteiger charge is -2.36. The summed E-state index contributed by atoms with van der Waals surface area (Å²) in [5.41, 5.74) is 0. The third-order valence-electron chi connectivity index (χ3n) is 4.71. The fourth-order valence-electron chi connectivity index (χ4n) is 3.37. The predicted molar refractivity (Wildman–Crippen MR) is 99.8 cm³/mol. The number of halogens is 2. The van der Waals surface area contributed by atoms with Crippen LogP contribution in [0.3, 0.4) is 0 Å². The van der Waals surface area contributed by atoms with Crippen LogP contribution in [0.1, 0.15) is 12.8 Å². The number of rotatable bonds is 3. The van der Waals surface area contributed by atoms with Gasteiger partial charge in [0.25, 0.3) is 0 Å². The van der Waals surface area contributed by atoms with Gasteiger partial charge < -0.3 is 14.7 Å². The molecule has 0 N–H and O–H groups in total. The van der Waals surface area contributed by atoms with E-state index in [0.717, 1.165) is 37.9 Å². The fourth-order valence-corrected chi connectivity index (χ4v) is 3.68. The molecule has 2 saturated heterocycles. The molecule has 2 aliphatic heterocycles. The van der Waals surface area contributed by atoms with Gasteiger partial charge in [0, 0.05) is 56.1 Å². The van der Waals surface area contributed by atoms with Crippen LogP contribution in [-0.4, -0.2) is 54.2 Å². The zero-order valence-electron chi connectivity index (χ0n) is 13.9. The Morgan fingerprint density at radius 3 is 2.36 bits per heavy atom. The van der Waals surface area contributed by atoms with Gasteiger partial charge in [-0.25, -0.2) is 14.4 Å². The summed E-state index contributed by atoms with van der Waals surface area (Å²) in [7, 11) is 0. The van der Waals surface area contributed by atoms with Crippen LogP contribution in [-0.2, 0) is 0 Å². The maximum absolute atomic E-state index is 14.1. The van der Waals surface area contributed by atoms with Gasteiger partial charge >= 0.3 is 0 Å². The van der Waals surface area contributed by atoms with Gasteiger partial charge in [-0.3, -0.25) is 0 Å². The van der Waals surface area contributed by atoms with Gasteiger partial charge in [0.15, 0.2) is 11.6 Å². The van der Waals surface area contributed by atoms with Crippen LogP contribution in [0.2, 0.25) is 0 Å². The minimum absolute atomic E-state index is 0.291. The summed E-state index contributed by atoms with van der Waals surface area (Å²) < 4.78 is 14.8. The second-order valence-corrected chi connectivity index (χ2v) is 7.26. The van der Waals surface area contributed by atoms with Crippen molar-refractivity contribution in [1.82, 2.24) is 15.0 Å². The van der Waals surface area contributed by atoms with E-state index in [2.05, 4.69) is 35.7 Å². The number of hydrogen-bond donors (Lipinski definition) is 0. The number of hydrogen-bond acceptors (Lipinski definition) is 6. The highest BCUT2D eigenvalue weighted by atomic mass is 79.9. The predicted octanol–water partition coefficient (Wildman–Crippen LogP) is 2.70. The minimum Gasteiger partial charge on any atom is -0.353 e. The van der Waals surface area contributed by atoms with Gasteiger partial charge in [-0.05, 0) is 40.9 Å². The molecule has 6 nitrogen and oxygen atoms in total. The molecule has 0 unspecified atom stereocenters. The quantitative estimate of drug-likeness (QED) is 0.780. The molecule has 8 heteroatoms. The molecule has 0 radical (unpaired) electrons. The fraction of sp³-hybridized carbons (Fsp3) is 0.471. The third-order valence-corrected chi connectivity index (χ3v) is 5.14. The highest BCUT2D eigenvalue weighted by molar-refractivity contribution is 9.10. The highest BCUT2D eigenvalue weighted by Gasteiger charge is 2.23. The van der Waals surface area contributed by atoms with Crippen LogP contribution in [0.4, 0.5) is 22.0 Å². The van der Waals surface area contributed by atoms with Crippen LogP contribution < -0.4 is 14.7 Å². The van der Waals surface area contributed by atoms with E-state index in [4.69, 9.17) is 4.98 Å². The average molecular weight is 407 g/mol. The molecular formula is C17H20BrFN6. The molecule has 0 spiro atoms. The Labute approximate surface area is 154 Å². The summed E-state index contributed by atoms with van der Waals surface area (Å²) in [6, 6.07) is 3.41. The molecule has 2 fully saturated rings. The van der Waals surface area contributed by atoms with Crippen molar-refractivity contribution in [2.45, 2.75) is 12.8 Å². The molecule has 4 rings (SSSR count). The van der Waals surface area contributed by atoms with Crippen molar-refractivity contribution < 1.29 is 4.39 Å². The molecule has 2 aliphatic rings.